The number of benzene rings is 1. The van der Waals surface area contributed by atoms with Crippen molar-refractivity contribution in [2.24, 2.45) is 0 Å². The van der Waals surface area contributed by atoms with E-state index >= 15 is 0 Å². The van der Waals surface area contributed by atoms with Crippen molar-refractivity contribution in [2.75, 3.05) is 11.9 Å². The van der Waals surface area contributed by atoms with Crippen LogP contribution in [0.5, 0.6) is 0 Å². The Bertz CT molecular complexity index is 1290. The molecule has 1 aliphatic heterocycles. The van der Waals surface area contributed by atoms with Crippen molar-refractivity contribution in [3.05, 3.63) is 43.0 Å². The van der Waals surface area contributed by atoms with Crippen molar-refractivity contribution in [1.82, 2.24) is 29.8 Å². The van der Waals surface area contributed by atoms with Crippen LogP contribution in [0.3, 0.4) is 0 Å². The number of carbonyl (C=O) groups is 1. The minimum Gasteiger partial charge on any atom is -0.351 e. The molecule has 1 aromatic carbocycles. The van der Waals surface area contributed by atoms with E-state index in [2.05, 4.69) is 36.2 Å². The highest BCUT2D eigenvalue weighted by Gasteiger charge is 2.31. The van der Waals surface area contributed by atoms with Gasteiger partial charge in [-0.3, -0.25) is 14.8 Å². The van der Waals surface area contributed by atoms with Crippen LogP contribution in [0, 0.1) is 0 Å². The molecule has 1 saturated carbocycles. The molecule has 2 N–H and O–H groups in total. The summed E-state index contributed by atoms with van der Waals surface area (Å²) in [5.41, 5.74) is 4.67. The fraction of sp³-hybridized carbons (Fsp3) is 0.375. The van der Waals surface area contributed by atoms with Gasteiger partial charge < -0.3 is 15.2 Å². The maximum Gasteiger partial charge on any atom is 0.224 e. The summed E-state index contributed by atoms with van der Waals surface area (Å²) in [5.74, 6) is 0.979. The smallest absolute Gasteiger partial charge is 0.224 e. The zero-order valence-electron chi connectivity index (χ0n) is 17.8. The molecule has 0 unspecified atom stereocenters. The van der Waals surface area contributed by atoms with Crippen LogP contribution >= 0.6 is 0 Å². The van der Waals surface area contributed by atoms with Gasteiger partial charge in [-0.15, -0.1) is 0 Å². The number of amides is 1. The van der Waals surface area contributed by atoms with Gasteiger partial charge in [0.25, 0.3) is 0 Å². The number of likely N-dealkylation sites (tertiary alicyclic amines) is 1. The highest BCUT2D eigenvalue weighted by Crippen LogP contribution is 2.31. The van der Waals surface area contributed by atoms with Gasteiger partial charge in [0, 0.05) is 60.8 Å². The van der Waals surface area contributed by atoms with Gasteiger partial charge in [-0.2, -0.15) is 4.98 Å². The Kier molecular flexibility index (Phi) is 4.70. The van der Waals surface area contributed by atoms with Crippen molar-refractivity contribution in [3.63, 3.8) is 0 Å². The lowest BCUT2D eigenvalue weighted by Gasteiger charge is -2.34. The summed E-state index contributed by atoms with van der Waals surface area (Å²) in [7, 11) is 0. The molecule has 8 nitrogen and oxygen atoms in total. The number of anilines is 1. The molecule has 2 fully saturated rings. The number of hydrogen-bond acceptors (Lipinski definition) is 6. The van der Waals surface area contributed by atoms with Gasteiger partial charge in [0.15, 0.2) is 0 Å². The molecule has 0 spiro atoms. The molecule has 0 atom stereocenters. The average molecular weight is 428 g/mol. The summed E-state index contributed by atoms with van der Waals surface area (Å²) in [6, 6.07) is 6.83. The van der Waals surface area contributed by atoms with E-state index in [-0.39, 0.29) is 0 Å². The Morgan fingerprint density at radius 1 is 1.03 bits per heavy atom. The van der Waals surface area contributed by atoms with E-state index in [9.17, 15) is 4.79 Å². The zero-order chi connectivity index (χ0) is 21.5. The molecule has 4 aromatic rings. The van der Waals surface area contributed by atoms with Crippen LogP contribution in [-0.4, -0.2) is 54.4 Å². The lowest BCUT2D eigenvalue weighted by molar-refractivity contribution is -0.130. The van der Waals surface area contributed by atoms with E-state index in [1.54, 1.807) is 12.4 Å². The van der Waals surface area contributed by atoms with E-state index in [1.807, 2.05) is 24.5 Å². The monoisotopic (exact) mass is 427 g/mol. The van der Waals surface area contributed by atoms with Gasteiger partial charge in [-0.1, -0.05) is 6.07 Å². The molecular formula is C24H25N7O. The number of fused-ring (bicyclic) bond motifs is 2. The maximum atomic E-state index is 12.0. The number of aromatic nitrogens is 5. The number of H-pyrrole nitrogens is 1. The second-order valence-electron chi connectivity index (χ2n) is 8.76. The van der Waals surface area contributed by atoms with Crippen molar-refractivity contribution in [2.45, 2.75) is 50.6 Å². The summed E-state index contributed by atoms with van der Waals surface area (Å²) in [4.78, 5) is 35.5. The first kappa shape index (κ1) is 19.2. The molecule has 32 heavy (non-hydrogen) atoms. The van der Waals surface area contributed by atoms with Crippen molar-refractivity contribution < 1.29 is 4.79 Å². The zero-order valence-corrected chi connectivity index (χ0v) is 17.8. The Morgan fingerprint density at radius 3 is 2.69 bits per heavy atom. The quantitative estimate of drug-likeness (QED) is 0.512. The third kappa shape index (κ3) is 3.45. The molecule has 162 valence electrons. The summed E-state index contributed by atoms with van der Waals surface area (Å²) in [5, 5.41) is 4.49. The predicted octanol–water partition coefficient (Wildman–Crippen LogP) is 3.91. The summed E-state index contributed by atoms with van der Waals surface area (Å²) >= 11 is 0. The third-order valence-electron chi connectivity index (χ3n) is 6.79. The van der Waals surface area contributed by atoms with Crippen LogP contribution in [0.25, 0.3) is 33.2 Å². The predicted molar refractivity (Wildman–Crippen MR) is 123 cm³/mol. The number of nitrogens with one attached hydrogen (secondary N) is 2. The SMILES string of the molecule is O=C1CCCN1C1CCC(Nc2ncc3c(-c4ccc5nccnc5c4)c[nH]c3n2)CC1. The first-order chi connectivity index (χ1) is 15.7. The topological polar surface area (TPSA) is 99.7 Å². The number of rotatable bonds is 4. The Labute approximate surface area is 185 Å². The van der Waals surface area contributed by atoms with E-state index in [0.29, 0.717) is 23.9 Å². The molecule has 0 bridgehead atoms. The molecule has 3 aromatic heterocycles. The lowest BCUT2D eigenvalue weighted by atomic mass is 9.90. The molecule has 6 rings (SSSR count). The summed E-state index contributed by atoms with van der Waals surface area (Å²) in [6.45, 7) is 0.931. The van der Waals surface area contributed by atoms with Gasteiger partial charge >= 0.3 is 0 Å². The third-order valence-corrected chi connectivity index (χ3v) is 6.79. The summed E-state index contributed by atoms with van der Waals surface area (Å²) in [6.07, 6.45) is 13.1. The van der Waals surface area contributed by atoms with E-state index in [0.717, 1.165) is 78.3 Å². The van der Waals surface area contributed by atoms with Crippen LogP contribution in [0.1, 0.15) is 38.5 Å². The van der Waals surface area contributed by atoms with Gasteiger partial charge in [0.05, 0.1) is 11.0 Å². The number of aromatic amines is 1. The Morgan fingerprint density at radius 2 is 1.88 bits per heavy atom. The van der Waals surface area contributed by atoms with Crippen LogP contribution in [0.4, 0.5) is 5.95 Å². The standard InChI is InChI=1S/C24H25N7O/c32-22-2-1-11-31(22)17-6-4-16(5-7-17)29-24-28-14-19-18(13-27-23(19)30-24)15-3-8-20-21(12-15)26-10-9-25-20/h3,8-10,12-14,16-17H,1-2,4-7,11H2,(H2,27,28,29,30). The van der Waals surface area contributed by atoms with Crippen LogP contribution in [0.15, 0.2) is 43.0 Å². The largest absolute Gasteiger partial charge is 0.351 e. The molecule has 4 heterocycles. The van der Waals surface area contributed by atoms with Gasteiger partial charge in [-0.05, 0) is 49.8 Å². The first-order valence-corrected chi connectivity index (χ1v) is 11.4. The minimum atomic E-state index is 0.330. The second-order valence-corrected chi connectivity index (χ2v) is 8.76. The second kappa shape index (κ2) is 7.85. The fourth-order valence-corrected chi connectivity index (χ4v) is 5.12. The van der Waals surface area contributed by atoms with Crippen LogP contribution < -0.4 is 5.32 Å². The normalized spacial score (nSPS) is 21.5. The molecule has 1 saturated heterocycles. The van der Waals surface area contributed by atoms with Crippen molar-refractivity contribution >= 4 is 33.9 Å². The van der Waals surface area contributed by atoms with Crippen LogP contribution in [0.2, 0.25) is 0 Å². The number of nitrogens with zero attached hydrogens (tertiary/aromatic N) is 5. The highest BCUT2D eigenvalue weighted by atomic mass is 16.2. The Hall–Kier alpha value is -3.55. The molecule has 0 radical (unpaired) electrons. The van der Waals surface area contributed by atoms with E-state index < -0.39 is 0 Å². The average Bonchev–Trinajstić information content (AvgIpc) is 3.45. The molecule has 8 heteroatoms. The Balaban J connectivity index is 1.17. The van der Waals surface area contributed by atoms with E-state index in [1.165, 1.54) is 0 Å². The maximum absolute atomic E-state index is 12.0. The first-order valence-electron chi connectivity index (χ1n) is 11.4. The minimum absolute atomic E-state index is 0.330. The summed E-state index contributed by atoms with van der Waals surface area (Å²) < 4.78 is 0. The molecular weight excluding hydrogens is 402 g/mol. The van der Waals surface area contributed by atoms with Crippen LogP contribution in [-0.2, 0) is 4.79 Å². The van der Waals surface area contributed by atoms with Gasteiger partial charge in [0.1, 0.15) is 5.65 Å². The lowest BCUT2D eigenvalue weighted by Crippen LogP contribution is -2.41. The van der Waals surface area contributed by atoms with E-state index in [4.69, 9.17) is 4.98 Å². The van der Waals surface area contributed by atoms with Crippen molar-refractivity contribution in [1.29, 1.82) is 0 Å². The van der Waals surface area contributed by atoms with Crippen molar-refractivity contribution in [3.8, 4) is 11.1 Å². The highest BCUT2D eigenvalue weighted by molar-refractivity contribution is 5.95. The fourth-order valence-electron chi connectivity index (χ4n) is 5.12. The van der Waals surface area contributed by atoms with Gasteiger partial charge in [-0.25, -0.2) is 4.98 Å². The number of carbonyl (C=O) groups excluding carboxylic acids is 1. The molecule has 1 amide bonds. The van der Waals surface area contributed by atoms with Gasteiger partial charge in [0.2, 0.25) is 11.9 Å². The number of hydrogen-bond donors (Lipinski definition) is 2. The molecule has 2 aliphatic rings. The molecule has 1 aliphatic carbocycles.